The Balaban J connectivity index is 1.74. The van der Waals surface area contributed by atoms with E-state index in [2.05, 4.69) is 98.9 Å². The lowest BCUT2D eigenvalue weighted by Gasteiger charge is -2.42. The van der Waals surface area contributed by atoms with Crippen molar-refractivity contribution in [3.05, 3.63) is 85.1 Å². The maximum absolute atomic E-state index is 12.8. The zero-order valence-electron chi connectivity index (χ0n) is 39.2. The fourth-order valence-electron chi connectivity index (χ4n) is 6.97. The Morgan fingerprint density at radius 2 is 1.00 bits per heavy atom. The molecule has 2 rings (SSSR count). The van der Waals surface area contributed by atoms with Gasteiger partial charge in [-0.15, -0.1) is 0 Å². The molecule has 0 aromatic carbocycles. The highest BCUT2D eigenvalue weighted by Crippen LogP contribution is 2.26. The monoisotopic (exact) mass is 921 g/mol. The van der Waals surface area contributed by atoms with Gasteiger partial charge in [0.2, 0.25) is 0 Å². The van der Waals surface area contributed by atoms with Crippen LogP contribution in [0.3, 0.4) is 0 Å². The summed E-state index contributed by atoms with van der Waals surface area (Å²) in [5, 5.41) is 71.8. The highest BCUT2D eigenvalue weighted by Gasteiger charge is 2.47. The number of aliphatic hydroxyl groups is 7. The summed E-state index contributed by atoms with van der Waals surface area (Å²) in [4.78, 5) is 12.8. The molecule has 2 heterocycles. The zero-order chi connectivity index (χ0) is 47.3. The van der Waals surface area contributed by atoms with Gasteiger partial charge in [-0.2, -0.15) is 0 Å². The number of rotatable bonds is 36. The normalized spacial score (nSPS) is 27.3. The van der Waals surface area contributed by atoms with Gasteiger partial charge in [-0.1, -0.05) is 137 Å². The molecule has 0 saturated carbocycles. The second-order valence-corrected chi connectivity index (χ2v) is 16.6. The summed E-state index contributed by atoms with van der Waals surface area (Å²) in [6, 6.07) is 0. The summed E-state index contributed by atoms with van der Waals surface area (Å²) in [5.41, 5.74) is 0. The van der Waals surface area contributed by atoms with Crippen molar-refractivity contribution in [2.75, 3.05) is 33.0 Å². The maximum atomic E-state index is 12.8. The third kappa shape index (κ3) is 26.3. The van der Waals surface area contributed by atoms with E-state index in [1.807, 2.05) is 0 Å². The van der Waals surface area contributed by atoms with Crippen LogP contribution in [0.25, 0.3) is 0 Å². The molecular weight excluding hydrogens is 837 g/mol. The first-order chi connectivity index (χ1) is 31.6. The third-order valence-electron chi connectivity index (χ3n) is 10.9. The highest BCUT2D eigenvalue weighted by atomic mass is 16.7. The molecule has 0 amide bonds. The molecule has 14 nitrogen and oxygen atoms in total. The Morgan fingerprint density at radius 1 is 0.523 bits per heavy atom. The summed E-state index contributed by atoms with van der Waals surface area (Å²) < 4.78 is 34.0. The second kappa shape index (κ2) is 38.2. The van der Waals surface area contributed by atoms with Crippen molar-refractivity contribution >= 4 is 5.97 Å². The number of carbonyl (C=O) groups is 1. The molecule has 2 saturated heterocycles. The molecule has 65 heavy (non-hydrogen) atoms. The average Bonchev–Trinajstić information content (AvgIpc) is 3.30. The molecule has 0 aliphatic carbocycles. The van der Waals surface area contributed by atoms with Crippen LogP contribution in [0.15, 0.2) is 85.1 Å². The molecule has 11 atom stereocenters. The van der Waals surface area contributed by atoms with Gasteiger partial charge < -0.3 is 64.2 Å². The molecule has 2 aliphatic rings. The molecule has 14 heteroatoms. The van der Waals surface area contributed by atoms with Gasteiger partial charge in [-0.05, 0) is 70.6 Å². The molecule has 2 aliphatic heterocycles. The van der Waals surface area contributed by atoms with E-state index in [9.17, 15) is 40.5 Å². The van der Waals surface area contributed by atoms with Crippen molar-refractivity contribution in [1.82, 2.24) is 0 Å². The van der Waals surface area contributed by atoms with Crippen molar-refractivity contribution < 1.29 is 69.0 Å². The quantitative estimate of drug-likeness (QED) is 0.0203. The lowest BCUT2D eigenvalue weighted by Crippen LogP contribution is -2.61. The van der Waals surface area contributed by atoms with Crippen LogP contribution >= 0.6 is 0 Å². The van der Waals surface area contributed by atoms with Gasteiger partial charge in [0.1, 0.15) is 54.9 Å². The molecule has 0 radical (unpaired) electrons. The number of allylic oxidation sites excluding steroid dienone is 14. The summed E-state index contributed by atoms with van der Waals surface area (Å²) >= 11 is 0. The van der Waals surface area contributed by atoms with E-state index >= 15 is 0 Å². The minimum atomic E-state index is -1.72. The highest BCUT2D eigenvalue weighted by molar-refractivity contribution is 5.69. The van der Waals surface area contributed by atoms with E-state index in [-0.39, 0.29) is 19.6 Å². The molecule has 0 aromatic rings. The van der Waals surface area contributed by atoms with E-state index in [0.29, 0.717) is 13.0 Å². The molecule has 0 spiro atoms. The third-order valence-corrected chi connectivity index (χ3v) is 10.9. The van der Waals surface area contributed by atoms with Crippen molar-refractivity contribution in [3.8, 4) is 0 Å². The number of hydrogen-bond acceptors (Lipinski definition) is 14. The average molecular weight is 921 g/mol. The van der Waals surface area contributed by atoms with Crippen LogP contribution in [0.5, 0.6) is 0 Å². The van der Waals surface area contributed by atoms with Gasteiger partial charge in [0.25, 0.3) is 0 Å². The molecule has 11 unspecified atom stereocenters. The Hall–Kier alpha value is -2.83. The van der Waals surface area contributed by atoms with E-state index in [4.69, 9.17) is 28.4 Å². The second-order valence-electron chi connectivity index (χ2n) is 16.6. The van der Waals surface area contributed by atoms with E-state index in [1.165, 1.54) is 19.3 Å². The minimum Gasteiger partial charge on any atom is -0.457 e. The molecule has 372 valence electrons. The molecule has 0 bridgehead atoms. The van der Waals surface area contributed by atoms with Crippen LogP contribution in [0.4, 0.5) is 0 Å². The Bertz CT molecular complexity index is 1390. The fraction of sp³-hybridized carbons (Fsp3) is 0.706. The Kier molecular flexibility index (Phi) is 34.2. The first kappa shape index (κ1) is 58.3. The van der Waals surface area contributed by atoms with Gasteiger partial charge >= 0.3 is 5.97 Å². The minimum absolute atomic E-state index is 0.0267. The van der Waals surface area contributed by atoms with Crippen LogP contribution in [0.1, 0.15) is 129 Å². The predicted octanol–water partition coefficient (Wildman–Crippen LogP) is 6.51. The Labute approximate surface area is 389 Å². The zero-order valence-corrected chi connectivity index (χ0v) is 39.2. The van der Waals surface area contributed by atoms with Gasteiger partial charge in [-0.25, -0.2) is 0 Å². The topological polar surface area (TPSA) is 214 Å². The molecular formula is C51H84O14. The number of hydrogen-bond donors (Lipinski definition) is 7. The molecule has 7 N–H and O–H groups in total. The SMILES string of the molecule is CC/C=C\C/C=C\C/C=C\C/C=C\C/C=C\C/C=C\C/C=C\CCCCOCC(COC1OC(COC2OC(CO)C(O)C(O)C2O)C(O)C(O)C1O)OC(=O)CCCCCCCCC. The summed E-state index contributed by atoms with van der Waals surface area (Å²) in [5.74, 6) is -0.404. The van der Waals surface area contributed by atoms with E-state index < -0.39 is 86.7 Å². The first-order valence-electron chi connectivity index (χ1n) is 24.2. The molecule has 0 aromatic heterocycles. The summed E-state index contributed by atoms with van der Waals surface area (Å²) in [6.45, 7) is 3.37. The van der Waals surface area contributed by atoms with Crippen LogP contribution < -0.4 is 0 Å². The number of aliphatic hydroxyl groups excluding tert-OH is 7. The molecule has 2 fully saturated rings. The lowest BCUT2D eigenvalue weighted by atomic mass is 9.98. The maximum Gasteiger partial charge on any atom is 0.306 e. The first-order valence-corrected chi connectivity index (χ1v) is 24.2. The van der Waals surface area contributed by atoms with Gasteiger partial charge in [0.05, 0.1) is 26.4 Å². The summed E-state index contributed by atoms with van der Waals surface area (Å²) in [7, 11) is 0. The van der Waals surface area contributed by atoms with Crippen LogP contribution in [-0.2, 0) is 33.2 Å². The fourth-order valence-corrected chi connectivity index (χ4v) is 6.97. The van der Waals surface area contributed by atoms with Crippen LogP contribution in [0, 0.1) is 0 Å². The van der Waals surface area contributed by atoms with E-state index in [1.54, 1.807) is 0 Å². The summed E-state index contributed by atoms with van der Waals surface area (Å²) in [6.07, 6.45) is 31.2. The van der Waals surface area contributed by atoms with Crippen molar-refractivity contribution in [1.29, 1.82) is 0 Å². The standard InChI is InChI=1S/C51H84O14/c1-3-5-7-9-11-12-13-14-15-16-17-18-19-20-21-22-23-24-25-26-27-29-31-33-35-60-37-40(63-43(53)34-32-30-28-10-8-6-4-2)38-61-50-49(59)47(57)45(55)42(65-50)39-62-51-48(58)46(56)44(54)41(36-52)64-51/h5,7,11-12,14-15,17-18,20-21,23-24,26-27,40-42,44-52,54-59H,3-4,6,8-10,13,16,19,22,25,28-39H2,1-2H3/b7-5-,12-11-,15-14-,18-17-,21-20-,24-23-,27-26-. The van der Waals surface area contributed by atoms with Gasteiger partial charge in [-0.3, -0.25) is 4.79 Å². The van der Waals surface area contributed by atoms with Gasteiger partial charge in [0.15, 0.2) is 12.6 Å². The van der Waals surface area contributed by atoms with E-state index in [0.717, 1.165) is 83.5 Å². The lowest BCUT2D eigenvalue weighted by molar-refractivity contribution is -0.332. The number of esters is 1. The van der Waals surface area contributed by atoms with Gasteiger partial charge in [0, 0.05) is 13.0 Å². The van der Waals surface area contributed by atoms with Crippen LogP contribution in [-0.4, -0.2) is 142 Å². The van der Waals surface area contributed by atoms with Crippen molar-refractivity contribution in [2.24, 2.45) is 0 Å². The number of carbonyl (C=O) groups excluding carboxylic acids is 1. The number of unbranched alkanes of at least 4 members (excludes halogenated alkanes) is 8. The van der Waals surface area contributed by atoms with Crippen LogP contribution in [0.2, 0.25) is 0 Å². The van der Waals surface area contributed by atoms with Crippen molar-refractivity contribution in [3.63, 3.8) is 0 Å². The largest absolute Gasteiger partial charge is 0.457 e. The Morgan fingerprint density at radius 3 is 1.54 bits per heavy atom. The number of ether oxygens (including phenoxy) is 6. The smallest absolute Gasteiger partial charge is 0.306 e. The van der Waals surface area contributed by atoms with Crippen molar-refractivity contribution in [2.45, 2.75) is 197 Å². The predicted molar refractivity (Wildman–Crippen MR) is 251 cm³/mol.